The van der Waals surface area contributed by atoms with Gasteiger partial charge < -0.3 is 10.1 Å². The van der Waals surface area contributed by atoms with Crippen LogP contribution in [0.15, 0.2) is 71.8 Å². The molecule has 0 bridgehead atoms. The molecule has 0 saturated heterocycles. The van der Waals surface area contributed by atoms with Gasteiger partial charge >= 0.3 is 0 Å². The fourth-order valence-corrected chi connectivity index (χ4v) is 2.62. The number of allylic oxidation sites excluding steroid dienone is 5. The lowest BCUT2D eigenvalue weighted by atomic mass is 10.00. The van der Waals surface area contributed by atoms with Gasteiger partial charge in [0.25, 0.3) is 5.91 Å². The van der Waals surface area contributed by atoms with E-state index >= 15 is 0 Å². The minimum absolute atomic E-state index is 0.0586. The zero-order valence-electron chi connectivity index (χ0n) is 12.7. The third-order valence-electron chi connectivity index (χ3n) is 3.67. The molecule has 1 amide bonds. The Kier molecular flexibility index (Phi) is 3.81. The van der Waals surface area contributed by atoms with E-state index in [-0.39, 0.29) is 11.8 Å². The number of fused-ring (bicyclic) bond motifs is 1. The average molecular weight is 304 g/mol. The molecule has 4 nitrogen and oxygen atoms in total. The van der Waals surface area contributed by atoms with Gasteiger partial charge in [0.05, 0.1) is 22.5 Å². The maximum atomic E-state index is 12.4. The minimum Gasteiger partial charge on any atom is -0.494 e. The number of aliphatic imine (C=N–C) groups is 1. The first kappa shape index (κ1) is 14.8. The number of nitrogens with zero attached hydrogens (tertiary/aromatic N) is 1. The first-order valence-electron chi connectivity index (χ1n) is 7.27. The summed E-state index contributed by atoms with van der Waals surface area (Å²) in [6, 6.07) is 9.40. The zero-order valence-corrected chi connectivity index (χ0v) is 12.7. The molecule has 2 heterocycles. The Morgan fingerprint density at radius 2 is 2.00 bits per heavy atom. The number of amides is 1. The number of aromatic nitrogens is 1. The number of aromatic amines is 1. The molecule has 2 N–H and O–H groups in total. The Morgan fingerprint density at radius 1 is 1.26 bits per heavy atom. The summed E-state index contributed by atoms with van der Waals surface area (Å²) in [4.78, 5) is 19.4. The highest BCUT2D eigenvalue weighted by Crippen LogP contribution is 2.37. The highest BCUT2D eigenvalue weighted by Gasteiger charge is 2.33. The standard InChI is InChI=1S/C19H16N2O2/c1-3-5-9-12(4-2)16-14-15(19(23)20-16)17(21-18(14)22)13-10-7-6-8-11-13/h3-11,21-22H,2H2,1H3/b5-3-,12-9+. The van der Waals surface area contributed by atoms with E-state index in [1.54, 1.807) is 6.08 Å². The van der Waals surface area contributed by atoms with Crippen LogP contribution in [0.25, 0.3) is 11.3 Å². The molecule has 1 aliphatic rings. The van der Waals surface area contributed by atoms with E-state index < -0.39 is 0 Å². The van der Waals surface area contributed by atoms with Gasteiger partial charge in [-0.15, -0.1) is 0 Å². The molecular formula is C19H16N2O2. The molecule has 1 aromatic heterocycles. The lowest BCUT2D eigenvalue weighted by Crippen LogP contribution is -1.99. The Bertz CT molecular complexity index is 868. The molecule has 0 saturated carbocycles. The molecule has 0 fully saturated rings. The van der Waals surface area contributed by atoms with Crippen molar-refractivity contribution in [3.63, 3.8) is 0 Å². The van der Waals surface area contributed by atoms with E-state index in [1.165, 1.54) is 0 Å². The first-order valence-corrected chi connectivity index (χ1v) is 7.27. The van der Waals surface area contributed by atoms with Gasteiger partial charge in [-0.3, -0.25) is 4.79 Å². The molecule has 0 atom stereocenters. The van der Waals surface area contributed by atoms with E-state index in [4.69, 9.17) is 0 Å². The molecule has 23 heavy (non-hydrogen) atoms. The second-order valence-corrected chi connectivity index (χ2v) is 5.08. The van der Waals surface area contributed by atoms with Crippen LogP contribution >= 0.6 is 0 Å². The van der Waals surface area contributed by atoms with Crippen molar-refractivity contribution in [2.75, 3.05) is 0 Å². The van der Waals surface area contributed by atoms with E-state index in [0.29, 0.717) is 28.1 Å². The Hall–Kier alpha value is -3.14. The van der Waals surface area contributed by atoms with Gasteiger partial charge in [0, 0.05) is 5.57 Å². The van der Waals surface area contributed by atoms with Crippen LogP contribution in [-0.2, 0) is 0 Å². The summed E-state index contributed by atoms with van der Waals surface area (Å²) in [5.74, 6) is -0.421. The van der Waals surface area contributed by atoms with Gasteiger partial charge in [0.2, 0.25) is 0 Å². The van der Waals surface area contributed by atoms with Crippen LogP contribution in [0.5, 0.6) is 5.88 Å². The lowest BCUT2D eigenvalue weighted by molar-refractivity contribution is 0.101. The van der Waals surface area contributed by atoms with Crippen LogP contribution in [-0.4, -0.2) is 21.7 Å². The van der Waals surface area contributed by atoms with Crippen LogP contribution in [0.2, 0.25) is 0 Å². The van der Waals surface area contributed by atoms with Crippen molar-refractivity contribution in [3.8, 4) is 17.1 Å². The van der Waals surface area contributed by atoms with Crippen molar-refractivity contribution in [2.45, 2.75) is 6.92 Å². The molecule has 3 rings (SSSR count). The third kappa shape index (κ3) is 2.44. The zero-order chi connectivity index (χ0) is 16.4. The number of nitrogens with one attached hydrogen (secondary N) is 1. The number of carbonyl (C=O) groups excluding carboxylic acids is 1. The summed E-state index contributed by atoms with van der Waals surface area (Å²) in [7, 11) is 0. The van der Waals surface area contributed by atoms with Gasteiger partial charge in [-0.2, -0.15) is 0 Å². The number of carbonyl (C=O) groups is 1. The summed E-state index contributed by atoms with van der Waals surface area (Å²) in [6.07, 6.45) is 7.14. The van der Waals surface area contributed by atoms with Gasteiger partial charge in [0.15, 0.2) is 5.88 Å². The lowest BCUT2D eigenvalue weighted by Gasteiger charge is -2.01. The first-order chi connectivity index (χ1) is 11.2. The largest absolute Gasteiger partial charge is 0.494 e. The summed E-state index contributed by atoms with van der Waals surface area (Å²) >= 11 is 0. The van der Waals surface area contributed by atoms with E-state index in [0.717, 1.165) is 5.56 Å². The number of aromatic hydroxyl groups is 1. The molecule has 0 unspecified atom stereocenters. The van der Waals surface area contributed by atoms with Gasteiger partial charge in [-0.05, 0) is 12.5 Å². The van der Waals surface area contributed by atoms with Crippen molar-refractivity contribution < 1.29 is 9.90 Å². The minimum atomic E-state index is -0.362. The molecule has 1 aliphatic heterocycles. The van der Waals surface area contributed by atoms with Crippen molar-refractivity contribution in [1.82, 2.24) is 4.98 Å². The van der Waals surface area contributed by atoms with Crippen molar-refractivity contribution >= 4 is 11.6 Å². The molecule has 0 aliphatic carbocycles. The molecule has 0 radical (unpaired) electrons. The summed E-state index contributed by atoms with van der Waals surface area (Å²) in [5, 5.41) is 10.3. The second kappa shape index (κ2) is 5.93. The maximum Gasteiger partial charge on any atom is 0.280 e. The predicted molar refractivity (Wildman–Crippen MR) is 91.9 cm³/mol. The number of H-pyrrole nitrogens is 1. The quantitative estimate of drug-likeness (QED) is 0.838. The van der Waals surface area contributed by atoms with Crippen molar-refractivity contribution in [1.29, 1.82) is 0 Å². The smallest absolute Gasteiger partial charge is 0.280 e. The number of hydrogen-bond acceptors (Lipinski definition) is 2. The monoisotopic (exact) mass is 304 g/mol. The molecule has 114 valence electrons. The van der Waals surface area contributed by atoms with Gasteiger partial charge in [-0.1, -0.05) is 61.2 Å². The van der Waals surface area contributed by atoms with Crippen LogP contribution in [0.1, 0.15) is 22.8 Å². The highest BCUT2D eigenvalue weighted by molar-refractivity contribution is 6.31. The summed E-state index contributed by atoms with van der Waals surface area (Å²) in [5.41, 5.74) is 3.36. The summed E-state index contributed by atoms with van der Waals surface area (Å²) < 4.78 is 0. The molecule has 2 aromatic rings. The Morgan fingerprint density at radius 3 is 2.65 bits per heavy atom. The SMILES string of the molecule is C=C/C(=C\C=C/C)C1=NC(=O)c2c(-c3ccccc3)[nH]c(O)c21. The molecule has 0 spiro atoms. The average Bonchev–Trinajstić information content (AvgIpc) is 3.09. The number of rotatable bonds is 4. The van der Waals surface area contributed by atoms with Crippen LogP contribution in [0, 0.1) is 0 Å². The fourth-order valence-electron chi connectivity index (χ4n) is 2.62. The van der Waals surface area contributed by atoms with Crippen LogP contribution < -0.4 is 0 Å². The fraction of sp³-hybridized carbons (Fsp3) is 0.0526. The van der Waals surface area contributed by atoms with Crippen molar-refractivity contribution in [3.05, 3.63) is 77.9 Å². The van der Waals surface area contributed by atoms with Crippen molar-refractivity contribution in [2.24, 2.45) is 4.99 Å². The maximum absolute atomic E-state index is 12.4. The molecule has 1 aromatic carbocycles. The Balaban J connectivity index is 2.18. The second-order valence-electron chi connectivity index (χ2n) is 5.08. The predicted octanol–water partition coefficient (Wildman–Crippen LogP) is 4.02. The molecule has 4 heteroatoms. The number of hydrogen-bond donors (Lipinski definition) is 2. The van der Waals surface area contributed by atoms with Gasteiger partial charge in [0.1, 0.15) is 0 Å². The van der Waals surface area contributed by atoms with E-state index in [9.17, 15) is 9.90 Å². The van der Waals surface area contributed by atoms with E-state index in [1.807, 2.05) is 55.5 Å². The van der Waals surface area contributed by atoms with E-state index in [2.05, 4.69) is 16.6 Å². The Labute approximate surface area is 134 Å². The highest BCUT2D eigenvalue weighted by atomic mass is 16.3. The van der Waals surface area contributed by atoms with Crippen LogP contribution in [0.3, 0.4) is 0 Å². The normalized spacial score (nSPS) is 14.2. The van der Waals surface area contributed by atoms with Gasteiger partial charge in [-0.25, -0.2) is 4.99 Å². The van der Waals surface area contributed by atoms with Crippen LogP contribution in [0.4, 0.5) is 0 Å². The summed E-state index contributed by atoms with van der Waals surface area (Å²) in [6.45, 7) is 5.66. The topological polar surface area (TPSA) is 65.5 Å². The third-order valence-corrected chi connectivity index (χ3v) is 3.67. The number of benzene rings is 1. The molecular weight excluding hydrogens is 288 g/mol.